The molecule has 1 aromatic heterocycles. The largest absolute Gasteiger partial charge is 0.395 e. The zero-order valence-electron chi connectivity index (χ0n) is 9.97. The average Bonchev–Trinajstić information content (AvgIpc) is 2.77. The molecule has 0 amide bonds. The first-order valence-corrected chi connectivity index (χ1v) is 6.45. The maximum Gasteiger partial charge on any atom is 0.104 e. The molecule has 2 aromatic rings. The Morgan fingerprint density at radius 2 is 2.18 bits per heavy atom. The molecule has 0 fully saturated rings. The first kappa shape index (κ1) is 12.5. The standard InChI is InChI=1S/C13H17NO2S/c1-13(16,12(8-15)14-2)10-4-3-9-5-6-17-11(9)7-10/h3-7,12,14-16H,8H2,1-2H3. The van der Waals surface area contributed by atoms with Crippen molar-refractivity contribution < 1.29 is 10.2 Å². The third kappa shape index (κ3) is 2.21. The minimum Gasteiger partial charge on any atom is -0.395 e. The van der Waals surface area contributed by atoms with E-state index in [2.05, 4.69) is 11.4 Å². The Bertz CT molecular complexity index is 503. The van der Waals surface area contributed by atoms with Crippen LogP contribution in [0.4, 0.5) is 0 Å². The number of thiophene rings is 1. The molecule has 1 heterocycles. The quantitative estimate of drug-likeness (QED) is 0.775. The lowest BCUT2D eigenvalue weighted by molar-refractivity contribution is -0.00287. The molecule has 0 saturated carbocycles. The lowest BCUT2D eigenvalue weighted by atomic mass is 9.88. The van der Waals surface area contributed by atoms with Gasteiger partial charge in [0.2, 0.25) is 0 Å². The molecule has 3 N–H and O–H groups in total. The molecular formula is C13H17NO2S. The van der Waals surface area contributed by atoms with E-state index in [4.69, 9.17) is 0 Å². The summed E-state index contributed by atoms with van der Waals surface area (Å²) in [6.07, 6.45) is 0. The van der Waals surface area contributed by atoms with Gasteiger partial charge in [-0.2, -0.15) is 0 Å². The van der Waals surface area contributed by atoms with Crippen molar-refractivity contribution in [3.05, 3.63) is 35.2 Å². The van der Waals surface area contributed by atoms with E-state index in [1.54, 1.807) is 25.3 Å². The zero-order valence-corrected chi connectivity index (χ0v) is 10.8. The molecule has 2 rings (SSSR count). The van der Waals surface area contributed by atoms with Gasteiger partial charge in [0.25, 0.3) is 0 Å². The molecule has 17 heavy (non-hydrogen) atoms. The smallest absolute Gasteiger partial charge is 0.104 e. The second kappa shape index (κ2) is 4.74. The molecule has 92 valence electrons. The van der Waals surface area contributed by atoms with Crippen molar-refractivity contribution >= 4 is 21.4 Å². The van der Waals surface area contributed by atoms with Gasteiger partial charge in [-0.3, -0.25) is 0 Å². The van der Waals surface area contributed by atoms with Crippen LogP contribution in [0.3, 0.4) is 0 Å². The number of hydrogen-bond donors (Lipinski definition) is 3. The van der Waals surface area contributed by atoms with Crippen molar-refractivity contribution in [2.45, 2.75) is 18.6 Å². The van der Waals surface area contributed by atoms with Crippen LogP contribution < -0.4 is 5.32 Å². The topological polar surface area (TPSA) is 52.5 Å². The summed E-state index contributed by atoms with van der Waals surface area (Å²) >= 11 is 1.65. The van der Waals surface area contributed by atoms with Crippen LogP contribution in [0.1, 0.15) is 12.5 Å². The number of likely N-dealkylation sites (N-methyl/N-ethyl adjacent to an activating group) is 1. The van der Waals surface area contributed by atoms with E-state index in [-0.39, 0.29) is 12.6 Å². The van der Waals surface area contributed by atoms with Crippen LogP contribution >= 0.6 is 11.3 Å². The van der Waals surface area contributed by atoms with Crippen LogP contribution in [-0.4, -0.2) is 29.9 Å². The number of aliphatic hydroxyl groups excluding tert-OH is 1. The monoisotopic (exact) mass is 251 g/mol. The summed E-state index contributed by atoms with van der Waals surface area (Å²) in [5, 5.41) is 25.9. The van der Waals surface area contributed by atoms with E-state index in [9.17, 15) is 10.2 Å². The number of benzene rings is 1. The zero-order chi connectivity index (χ0) is 12.5. The Labute approximate surface area is 105 Å². The van der Waals surface area contributed by atoms with Crippen LogP contribution in [0, 0.1) is 0 Å². The third-order valence-electron chi connectivity index (χ3n) is 3.25. The van der Waals surface area contributed by atoms with Gasteiger partial charge in [0, 0.05) is 4.70 Å². The predicted molar refractivity (Wildman–Crippen MR) is 71.3 cm³/mol. The second-order valence-electron chi connectivity index (χ2n) is 4.34. The fourth-order valence-electron chi connectivity index (χ4n) is 2.02. The van der Waals surface area contributed by atoms with Crippen molar-refractivity contribution in [1.29, 1.82) is 0 Å². The first-order chi connectivity index (χ1) is 8.09. The van der Waals surface area contributed by atoms with Crippen molar-refractivity contribution in [2.75, 3.05) is 13.7 Å². The summed E-state index contributed by atoms with van der Waals surface area (Å²) in [4.78, 5) is 0. The Hall–Kier alpha value is -0.940. The van der Waals surface area contributed by atoms with Crippen LogP contribution in [0.25, 0.3) is 10.1 Å². The highest BCUT2D eigenvalue weighted by Gasteiger charge is 2.32. The number of hydrogen-bond acceptors (Lipinski definition) is 4. The lowest BCUT2D eigenvalue weighted by Crippen LogP contribution is -2.47. The van der Waals surface area contributed by atoms with Gasteiger partial charge in [0.05, 0.1) is 12.6 Å². The maximum atomic E-state index is 10.5. The highest BCUT2D eigenvalue weighted by atomic mass is 32.1. The van der Waals surface area contributed by atoms with E-state index in [0.29, 0.717) is 0 Å². The van der Waals surface area contributed by atoms with E-state index in [0.717, 1.165) is 10.3 Å². The van der Waals surface area contributed by atoms with Crippen molar-refractivity contribution in [3.8, 4) is 0 Å². The molecule has 0 bridgehead atoms. The number of nitrogens with one attached hydrogen (secondary N) is 1. The summed E-state index contributed by atoms with van der Waals surface area (Å²) in [6.45, 7) is 1.62. The minimum atomic E-state index is -1.08. The number of rotatable bonds is 4. The molecule has 2 atom stereocenters. The lowest BCUT2D eigenvalue weighted by Gasteiger charge is -2.32. The van der Waals surface area contributed by atoms with Gasteiger partial charge in [-0.25, -0.2) is 0 Å². The molecule has 0 saturated heterocycles. The second-order valence-corrected chi connectivity index (χ2v) is 5.29. The van der Waals surface area contributed by atoms with Gasteiger partial charge >= 0.3 is 0 Å². The Morgan fingerprint density at radius 3 is 2.82 bits per heavy atom. The summed E-state index contributed by atoms with van der Waals surface area (Å²) in [5.41, 5.74) is -0.261. The highest BCUT2D eigenvalue weighted by Crippen LogP contribution is 2.29. The number of aliphatic hydroxyl groups is 2. The molecule has 0 aliphatic carbocycles. The Balaban J connectivity index is 2.43. The summed E-state index contributed by atoms with van der Waals surface area (Å²) in [6, 6.07) is 7.58. The molecule has 0 radical (unpaired) electrons. The van der Waals surface area contributed by atoms with E-state index < -0.39 is 5.60 Å². The van der Waals surface area contributed by atoms with Crippen LogP contribution in [0.2, 0.25) is 0 Å². The minimum absolute atomic E-state index is 0.105. The van der Waals surface area contributed by atoms with Crippen molar-refractivity contribution in [2.24, 2.45) is 0 Å². The van der Waals surface area contributed by atoms with Crippen LogP contribution in [-0.2, 0) is 5.60 Å². The molecule has 2 unspecified atom stereocenters. The predicted octanol–water partition coefficient (Wildman–Crippen LogP) is 1.69. The van der Waals surface area contributed by atoms with Crippen molar-refractivity contribution in [3.63, 3.8) is 0 Å². The Morgan fingerprint density at radius 1 is 1.41 bits per heavy atom. The average molecular weight is 251 g/mol. The summed E-state index contributed by atoms with van der Waals surface area (Å²) in [7, 11) is 1.74. The maximum absolute atomic E-state index is 10.5. The van der Waals surface area contributed by atoms with Crippen LogP contribution in [0.15, 0.2) is 29.6 Å². The summed E-state index contributed by atoms with van der Waals surface area (Å²) in [5.74, 6) is 0. The van der Waals surface area contributed by atoms with Crippen molar-refractivity contribution in [1.82, 2.24) is 5.32 Å². The molecule has 4 heteroatoms. The van der Waals surface area contributed by atoms with E-state index in [1.807, 2.05) is 23.6 Å². The SMILES string of the molecule is CNC(CO)C(C)(O)c1ccc2ccsc2c1. The van der Waals surface area contributed by atoms with Gasteiger partial charge in [-0.15, -0.1) is 11.3 Å². The fourth-order valence-corrected chi connectivity index (χ4v) is 2.85. The molecule has 3 nitrogen and oxygen atoms in total. The van der Waals surface area contributed by atoms with Gasteiger partial charge in [0.15, 0.2) is 0 Å². The van der Waals surface area contributed by atoms with E-state index in [1.165, 1.54) is 5.39 Å². The van der Waals surface area contributed by atoms with Gasteiger partial charge in [-0.1, -0.05) is 12.1 Å². The highest BCUT2D eigenvalue weighted by molar-refractivity contribution is 7.17. The van der Waals surface area contributed by atoms with E-state index >= 15 is 0 Å². The molecule has 0 aliphatic heterocycles. The Kier molecular flexibility index (Phi) is 3.49. The first-order valence-electron chi connectivity index (χ1n) is 5.58. The normalized spacial score (nSPS) is 16.9. The number of fused-ring (bicyclic) bond motifs is 1. The van der Waals surface area contributed by atoms with Gasteiger partial charge < -0.3 is 15.5 Å². The van der Waals surface area contributed by atoms with Gasteiger partial charge in [0.1, 0.15) is 5.60 Å². The molecule has 1 aromatic carbocycles. The molecule has 0 aliphatic rings. The molecular weight excluding hydrogens is 234 g/mol. The van der Waals surface area contributed by atoms with Crippen LogP contribution in [0.5, 0.6) is 0 Å². The third-order valence-corrected chi connectivity index (χ3v) is 4.13. The fraction of sp³-hybridized carbons (Fsp3) is 0.385. The molecule has 0 spiro atoms. The summed E-state index contributed by atoms with van der Waals surface area (Å²) < 4.78 is 1.15. The van der Waals surface area contributed by atoms with Gasteiger partial charge in [-0.05, 0) is 42.4 Å².